The van der Waals surface area contributed by atoms with Gasteiger partial charge in [-0.3, -0.25) is 4.79 Å². The normalized spacial score (nSPS) is 10.6. The second-order valence-corrected chi connectivity index (χ2v) is 4.99. The van der Waals surface area contributed by atoms with Gasteiger partial charge in [-0.25, -0.2) is 0 Å². The molecule has 0 unspecified atom stereocenters. The molecule has 1 aromatic heterocycles. The van der Waals surface area contributed by atoms with Crippen LogP contribution in [0, 0.1) is 0 Å². The maximum absolute atomic E-state index is 12.2. The number of halogens is 1. The first-order valence-electron chi connectivity index (χ1n) is 6.39. The van der Waals surface area contributed by atoms with Gasteiger partial charge in [-0.15, -0.1) is 0 Å². The topological polar surface area (TPSA) is 54.1 Å². The number of aromatic amines is 1. The molecule has 0 saturated carbocycles. The molecule has 0 fully saturated rings. The molecule has 0 aliphatic heterocycles. The summed E-state index contributed by atoms with van der Waals surface area (Å²) in [7, 11) is 1.55. The number of carbonyl (C=O) groups excluding carboxylic acids is 1. The molecule has 3 rings (SSSR count). The molecule has 2 N–H and O–H groups in total. The highest BCUT2D eigenvalue weighted by atomic mass is 35.5. The molecule has 0 spiro atoms. The highest BCUT2D eigenvalue weighted by Gasteiger charge is 2.09. The Labute approximate surface area is 126 Å². The van der Waals surface area contributed by atoms with Gasteiger partial charge in [0, 0.05) is 28.4 Å². The largest absolute Gasteiger partial charge is 0.495 e. The smallest absolute Gasteiger partial charge is 0.255 e. The molecule has 1 amide bonds. The first kappa shape index (κ1) is 13.5. The van der Waals surface area contributed by atoms with Gasteiger partial charge in [0.1, 0.15) is 5.75 Å². The maximum Gasteiger partial charge on any atom is 0.255 e. The van der Waals surface area contributed by atoms with Crippen molar-refractivity contribution in [2.45, 2.75) is 0 Å². The van der Waals surface area contributed by atoms with Crippen molar-refractivity contribution in [2.24, 2.45) is 0 Å². The number of rotatable bonds is 3. The van der Waals surface area contributed by atoms with E-state index in [4.69, 9.17) is 16.3 Å². The van der Waals surface area contributed by atoms with Gasteiger partial charge in [-0.1, -0.05) is 11.6 Å². The second-order valence-electron chi connectivity index (χ2n) is 4.58. The monoisotopic (exact) mass is 300 g/mol. The predicted molar refractivity (Wildman–Crippen MR) is 84.3 cm³/mol. The molecular formula is C16H13ClN2O2. The lowest BCUT2D eigenvalue weighted by Gasteiger charge is -2.08. The van der Waals surface area contributed by atoms with Gasteiger partial charge in [-0.05, 0) is 42.5 Å². The van der Waals surface area contributed by atoms with E-state index < -0.39 is 0 Å². The summed E-state index contributed by atoms with van der Waals surface area (Å²) in [5.74, 6) is 0.391. The van der Waals surface area contributed by atoms with E-state index in [9.17, 15) is 4.79 Å². The Kier molecular flexibility index (Phi) is 3.54. The molecule has 0 bridgehead atoms. The van der Waals surface area contributed by atoms with E-state index in [1.54, 1.807) is 31.4 Å². The Balaban J connectivity index is 1.83. The number of carbonyl (C=O) groups is 1. The van der Waals surface area contributed by atoms with Crippen LogP contribution in [-0.2, 0) is 0 Å². The van der Waals surface area contributed by atoms with Crippen LogP contribution in [0.2, 0.25) is 5.02 Å². The van der Waals surface area contributed by atoms with Gasteiger partial charge in [0.25, 0.3) is 5.91 Å². The number of nitrogens with one attached hydrogen (secondary N) is 2. The van der Waals surface area contributed by atoms with Crippen LogP contribution >= 0.6 is 11.6 Å². The Morgan fingerprint density at radius 1 is 1.19 bits per heavy atom. The zero-order valence-electron chi connectivity index (χ0n) is 11.3. The molecular weight excluding hydrogens is 288 g/mol. The minimum absolute atomic E-state index is 0.181. The molecule has 0 aliphatic carbocycles. The molecule has 1 heterocycles. The maximum atomic E-state index is 12.2. The van der Waals surface area contributed by atoms with E-state index in [1.807, 2.05) is 24.4 Å². The summed E-state index contributed by atoms with van der Waals surface area (Å²) in [6.45, 7) is 0. The summed E-state index contributed by atoms with van der Waals surface area (Å²) >= 11 is 6.04. The lowest BCUT2D eigenvalue weighted by atomic mass is 10.1. The van der Waals surface area contributed by atoms with Crippen molar-refractivity contribution >= 4 is 34.1 Å². The van der Waals surface area contributed by atoms with Crippen molar-refractivity contribution in [3.05, 3.63) is 59.2 Å². The molecule has 106 valence electrons. The van der Waals surface area contributed by atoms with Crippen LogP contribution in [0.15, 0.2) is 48.7 Å². The molecule has 5 heteroatoms. The first-order chi connectivity index (χ1) is 10.2. The number of methoxy groups -OCH3 is 1. The van der Waals surface area contributed by atoms with Gasteiger partial charge < -0.3 is 15.0 Å². The van der Waals surface area contributed by atoms with E-state index in [-0.39, 0.29) is 5.91 Å². The average Bonchev–Trinajstić information content (AvgIpc) is 2.94. The van der Waals surface area contributed by atoms with Crippen molar-refractivity contribution in [1.29, 1.82) is 0 Å². The van der Waals surface area contributed by atoms with Crippen LogP contribution in [0.3, 0.4) is 0 Å². The quantitative estimate of drug-likeness (QED) is 0.765. The minimum atomic E-state index is -0.181. The fraction of sp³-hybridized carbons (Fsp3) is 0.0625. The Hall–Kier alpha value is -2.46. The third kappa shape index (κ3) is 2.71. The zero-order valence-corrected chi connectivity index (χ0v) is 12.1. The van der Waals surface area contributed by atoms with Crippen molar-refractivity contribution in [1.82, 2.24) is 4.98 Å². The van der Waals surface area contributed by atoms with Gasteiger partial charge in [0.15, 0.2) is 0 Å². The lowest BCUT2D eigenvalue weighted by Crippen LogP contribution is -2.11. The van der Waals surface area contributed by atoms with Crippen LogP contribution in [-0.4, -0.2) is 18.0 Å². The van der Waals surface area contributed by atoms with Crippen molar-refractivity contribution in [3.8, 4) is 5.75 Å². The molecule has 4 nitrogen and oxygen atoms in total. The number of benzene rings is 2. The SMILES string of the molecule is COc1ccc(NC(=O)c2ccc3[nH]ccc3c2)cc1Cl. The number of anilines is 1. The van der Waals surface area contributed by atoms with Crippen LogP contribution in [0.1, 0.15) is 10.4 Å². The fourth-order valence-electron chi connectivity index (χ4n) is 2.14. The Bertz CT molecular complexity index is 811. The second kappa shape index (κ2) is 5.50. The van der Waals surface area contributed by atoms with E-state index in [2.05, 4.69) is 10.3 Å². The summed E-state index contributed by atoms with van der Waals surface area (Å²) in [6.07, 6.45) is 1.84. The summed E-state index contributed by atoms with van der Waals surface area (Å²) < 4.78 is 5.08. The van der Waals surface area contributed by atoms with Crippen LogP contribution in [0.4, 0.5) is 5.69 Å². The van der Waals surface area contributed by atoms with Crippen LogP contribution in [0.25, 0.3) is 10.9 Å². The number of hydrogen-bond acceptors (Lipinski definition) is 2. The summed E-state index contributed by atoms with van der Waals surface area (Å²) in [4.78, 5) is 15.3. The number of aromatic nitrogens is 1. The number of fused-ring (bicyclic) bond motifs is 1. The van der Waals surface area contributed by atoms with E-state index >= 15 is 0 Å². The molecule has 0 radical (unpaired) electrons. The van der Waals surface area contributed by atoms with Gasteiger partial charge in [0.2, 0.25) is 0 Å². The van der Waals surface area contributed by atoms with Gasteiger partial charge in [0.05, 0.1) is 12.1 Å². The average molecular weight is 301 g/mol. The summed E-state index contributed by atoms with van der Waals surface area (Å²) in [5.41, 5.74) is 2.22. The van der Waals surface area contributed by atoms with Crippen molar-refractivity contribution in [2.75, 3.05) is 12.4 Å². The molecule has 3 aromatic rings. The highest BCUT2D eigenvalue weighted by molar-refractivity contribution is 6.32. The Morgan fingerprint density at radius 3 is 2.81 bits per heavy atom. The van der Waals surface area contributed by atoms with E-state index in [1.165, 1.54) is 0 Å². The van der Waals surface area contributed by atoms with Gasteiger partial charge >= 0.3 is 0 Å². The van der Waals surface area contributed by atoms with Crippen molar-refractivity contribution < 1.29 is 9.53 Å². The predicted octanol–water partition coefficient (Wildman–Crippen LogP) is 4.08. The summed E-state index contributed by atoms with van der Waals surface area (Å²) in [6, 6.07) is 12.5. The first-order valence-corrected chi connectivity index (χ1v) is 6.77. The molecule has 0 aliphatic rings. The van der Waals surface area contributed by atoms with Crippen LogP contribution in [0.5, 0.6) is 5.75 Å². The summed E-state index contributed by atoms with van der Waals surface area (Å²) in [5, 5.41) is 4.27. The standard InChI is InChI=1S/C16H13ClN2O2/c1-21-15-5-3-12(9-13(15)17)19-16(20)11-2-4-14-10(8-11)6-7-18-14/h2-9,18H,1H3,(H,19,20). The lowest BCUT2D eigenvalue weighted by molar-refractivity contribution is 0.102. The number of ether oxygens (including phenoxy) is 1. The third-order valence-corrected chi connectivity index (χ3v) is 3.52. The van der Waals surface area contributed by atoms with E-state index in [0.717, 1.165) is 10.9 Å². The van der Waals surface area contributed by atoms with Gasteiger partial charge in [-0.2, -0.15) is 0 Å². The zero-order chi connectivity index (χ0) is 14.8. The molecule has 21 heavy (non-hydrogen) atoms. The highest BCUT2D eigenvalue weighted by Crippen LogP contribution is 2.27. The number of hydrogen-bond donors (Lipinski definition) is 2. The number of H-pyrrole nitrogens is 1. The molecule has 0 saturated heterocycles. The third-order valence-electron chi connectivity index (χ3n) is 3.23. The fourth-order valence-corrected chi connectivity index (χ4v) is 2.40. The molecule has 2 aromatic carbocycles. The van der Waals surface area contributed by atoms with Crippen molar-refractivity contribution in [3.63, 3.8) is 0 Å². The number of amides is 1. The minimum Gasteiger partial charge on any atom is -0.495 e. The van der Waals surface area contributed by atoms with Crippen LogP contribution < -0.4 is 10.1 Å². The molecule has 0 atom stereocenters. The Morgan fingerprint density at radius 2 is 2.05 bits per heavy atom. The van der Waals surface area contributed by atoms with E-state index in [0.29, 0.717) is 22.0 Å².